The van der Waals surface area contributed by atoms with E-state index >= 15 is 0 Å². The fourth-order valence-electron chi connectivity index (χ4n) is 1.43. The molecule has 1 aliphatic rings. The second-order valence-corrected chi connectivity index (χ2v) is 3.15. The smallest absolute Gasteiger partial charge is 0.0553 e. The normalized spacial score (nSPS) is 18.5. The highest BCUT2D eigenvalue weighted by atomic mass is 14.9. The van der Waals surface area contributed by atoms with Gasteiger partial charge in [0, 0.05) is 19.3 Å². The monoisotopic (exact) mass is 178 g/mol. The van der Waals surface area contributed by atoms with E-state index in [1.165, 1.54) is 18.4 Å². The molecule has 0 bridgehead atoms. The Morgan fingerprint density at radius 2 is 2.38 bits per heavy atom. The largest absolute Gasteiger partial charge is 0.384 e. The number of aliphatic imine (C=N–C) groups is 1. The van der Waals surface area contributed by atoms with Gasteiger partial charge in [-0.2, -0.15) is 0 Å². The molecule has 0 atom stereocenters. The summed E-state index contributed by atoms with van der Waals surface area (Å²) in [6.45, 7) is 7.77. The van der Waals surface area contributed by atoms with E-state index < -0.39 is 0 Å². The SMILES string of the molecule is C=CC1=C(C=NCC)NCCCC1. The van der Waals surface area contributed by atoms with Crippen molar-refractivity contribution >= 4 is 6.21 Å². The summed E-state index contributed by atoms with van der Waals surface area (Å²) in [5.41, 5.74) is 2.46. The summed E-state index contributed by atoms with van der Waals surface area (Å²) in [6, 6.07) is 0. The average Bonchev–Trinajstić information content (AvgIpc) is 2.39. The van der Waals surface area contributed by atoms with Crippen molar-refractivity contribution in [1.29, 1.82) is 0 Å². The van der Waals surface area contributed by atoms with E-state index in [9.17, 15) is 0 Å². The molecule has 1 aliphatic heterocycles. The third kappa shape index (κ3) is 3.05. The molecule has 0 amide bonds. The minimum atomic E-state index is 0.843. The standard InChI is InChI=1S/C11H18N2/c1-3-10-7-5-6-8-13-11(10)9-12-4-2/h3,9,13H,1,4-8H2,2H3. The van der Waals surface area contributed by atoms with E-state index in [1.54, 1.807) is 0 Å². The molecule has 0 spiro atoms. The van der Waals surface area contributed by atoms with E-state index in [1.807, 2.05) is 19.2 Å². The lowest BCUT2D eigenvalue weighted by atomic mass is 10.1. The van der Waals surface area contributed by atoms with Crippen LogP contribution in [0.15, 0.2) is 28.9 Å². The summed E-state index contributed by atoms with van der Waals surface area (Å²) in [6.07, 6.45) is 7.48. The van der Waals surface area contributed by atoms with Crippen molar-refractivity contribution in [3.63, 3.8) is 0 Å². The fourth-order valence-corrected chi connectivity index (χ4v) is 1.43. The highest BCUT2D eigenvalue weighted by Gasteiger charge is 2.05. The van der Waals surface area contributed by atoms with Gasteiger partial charge in [0.25, 0.3) is 0 Å². The molecular formula is C11H18N2. The van der Waals surface area contributed by atoms with Crippen LogP contribution in [0.25, 0.3) is 0 Å². The number of hydrogen-bond donors (Lipinski definition) is 1. The predicted octanol–water partition coefficient (Wildman–Crippen LogP) is 2.29. The van der Waals surface area contributed by atoms with Gasteiger partial charge in [0.15, 0.2) is 0 Å². The van der Waals surface area contributed by atoms with Gasteiger partial charge in [-0.15, -0.1) is 0 Å². The summed E-state index contributed by atoms with van der Waals surface area (Å²) in [5.74, 6) is 0. The zero-order valence-corrected chi connectivity index (χ0v) is 8.34. The van der Waals surface area contributed by atoms with Crippen LogP contribution in [-0.4, -0.2) is 19.3 Å². The molecule has 0 saturated heterocycles. The average molecular weight is 178 g/mol. The maximum absolute atomic E-state index is 4.24. The van der Waals surface area contributed by atoms with Gasteiger partial charge in [0.2, 0.25) is 0 Å². The highest BCUT2D eigenvalue weighted by molar-refractivity contribution is 5.79. The number of nitrogens with one attached hydrogen (secondary N) is 1. The van der Waals surface area contributed by atoms with Crippen molar-refractivity contribution in [2.75, 3.05) is 13.1 Å². The number of allylic oxidation sites excluding steroid dienone is 3. The van der Waals surface area contributed by atoms with Gasteiger partial charge in [-0.3, -0.25) is 4.99 Å². The summed E-state index contributed by atoms with van der Waals surface area (Å²) in [5, 5.41) is 3.38. The molecule has 0 fully saturated rings. The van der Waals surface area contributed by atoms with Crippen molar-refractivity contribution in [1.82, 2.24) is 5.32 Å². The van der Waals surface area contributed by atoms with Crippen LogP contribution in [0.1, 0.15) is 26.2 Å². The molecule has 1 rings (SSSR count). The molecule has 2 nitrogen and oxygen atoms in total. The van der Waals surface area contributed by atoms with Gasteiger partial charge in [-0.1, -0.05) is 12.7 Å². The molecule has 0 saturated carbocycles. The van der Waals surface area contributed by atoms with Crippen molar-refractivity contribution < 1.29 is 0 Å². The maximum atomic E-state index is 4.24. The van der Waals surface area contributed by atoms with Crippen LogP contribution < -0.4 is 5.32 Å². The van der Waals surface area contributed by atoms with Gasteiger partial charge in [0.1, 0.15) is 0 Å². The molecule has 1 heterocycles. The van der Waals surface area contributed by atoms with Crippen molar-refractivity contribution in [3.8, 4) is 0 Å². The number of nitrogens with zero attached hydrogens (tertiary/aromatic N) is 1. The lowest BCUT2D eigenvalue weighted by Crippen LogP contribution is -2.15. The van der Waals surface area contributed by atoms with E-state index in [0.29, 0.717) is 0 Å². The Kier molecular flexibility index (Phi) is 4.30. The molecule has 2 heteroatoms. The third-order valence-electron chi connectivity index (χ3n) is 2.18. The summed E-state index contributed by atoms with van der Waals surface area (Å²) in [4.78, 5) is 4.24. The first-order valence-electron chi connectivity index (χ1n) is 4.97. The summed E-state index contributed by atoms with van der Waals surface area (Å²) in [7, 11) is 0. The van der Waals surface area contributed by atoms with E-state index in [-0.39, 0.29) is 0 Å². The van der Waals surface area contributed by atoms with Crippen LogP contribution in [0.2, 0.25) is 0 Å². The Morgan fingerprint density at radius 3 is 3.08 bits per heavy atom. The fraction of sp³-hybridized carbons (Fsp3) is 0.545. The Labute approximate surface area is 80.4 Å². The minimum absolute atomic E-state index is 0.843. The van der Waals surface area contributed by atoms with Crippen LogP contribution in [0.3, 0.4) is 0 Å². The van der Waals surface area contributed by atoms with Crippen LogP contribution in [-0.2, 0) is 0 Å². The molecule has 13 heavy (non-hydrogen) atoms. The Morgan fingerprint density at radius 1 is 1.54 bits per heavy atom. The van der Waals surface area contributed by atoms with Gasteiger partial charge >= 0.3 is 0 Å². The Balaban J connectivity index is 2.75. The third-order valence-corrected chi connectivity index (χ3v) is 2.18. The van der Waals surface area contributed by atoms with Crippen LogP contribution in [0, 0.1) is 0 Å². The molecular weight excluding hydrogens is 160 g/mol. The lowest BCUT2D eigenvalue weighted by Gasteiger charge is -2.05. The first-order valence-corrected chi connectivity index (χ1v) is 4.97. The number of rotatable bonds is 3. The minimum Gasteiger partial charge on any atom is -0.384 e. The lowest BCUT2D eigenvalue weighted by molar-refractivity contribution is 0.723. The van der Waals surface area contributed by atoms with Crippen LogP contribution in [0.5, 0.6) is 0 Å². The Bertz CT molecular complexity index is 226. The highest BCUT2D eigenvalue weighted by Crippen LogP contribution is 2.14. The predicted molar refractivity (Wildman–Crippen MR) is 58.1 cm³/mol. The molecule has 0 aromatic carbocycles. The van der Waals surface area contributed by atoms with Gasteiger partial charge < -0.3 is 5.32 Å². The van der Waals surface area contributed by atoms with Gasteiger partial charge in [-0.25, -0.2) is 0 Å². The topological polar surface area (TPSA) is 24.4 Å². The zero-order valence-electron chi connectivity index (χ0n) is 8.34. The molecule has 0 aromatic heterocycles. The van der Waals surface area contributed by atoms with Crippen molar-refractivity contribution in [2.24, 2.45) is 4.99 Å². The molecule has 0 aliphatic carbocycles. The van der Waals surface area contributed by atoms with Crippen LogP contribution >= 0.6 is 0 Å². The second kappa shape index (κ2) is 5.57. The van der Waals surface area contributed by atoms with E-state index in [2.05, 4.69) is 16.9 Å². The maximum Gasteiger partial charge on any atom is 0.0553 e. The molecule has 0 radical (unpaired) electrons. The molecule has 0 aromatic rings. The van der Waals surface area contributed by atoms with Crippen molar-refractivity contribution in [2.45, 2.75) is 26.2 Å². The second-order valence-electron chi connectivity index (χ2n) is 3.15. The zero-order chi connectivity index (χ0) is 9.52. The number of hydrogen-bond acceptors (Lipinski definition) is 2. The van der Waals surface area contributed by atoms with E-state index in [4.69, 9.17) is 0 Å². The molecule has 72 valence electrons. The molecule has 0 unspecified atom stereocenters. The molecule has 1 N–H and O–H groups in total. The van der Waals surface area contributed by atoms with Gasteiger partial charge in [0.05, 0.1) is 5.70 Å². The van der Waals surface area contributed by atoms with Gasteiger partial charge in [-0.05, 0) is 31.8 Å². The first kappa shape index (κ1) is 10.0. The van der Waals surface area contributed by atoms with E-state index in [0.717, 1.165) is 25.2 Å². The summed E-state index contributed by atoms with van der Waals surface area (Å²) >= 11 is 0. The van der Waals surface area contributed by atoms with Crippen molar-refractivity contribution in [3.05, 3.63) is 23.9 Å². The van der Waals surface area contributed by atoms with Crippen LogP contribution in [0.4, 0.5) is 0 Å². The summed E-state index contributed by atoms with van der Waals surface area (Å²) < 4.78 is 0. The first-order chi connectivity index (χ1) is 6.38. The Hall–Kier alpha value is -1.05. The quantitative estimate of drug-likeness (QED) is 0.659.